The van der Waals surface area contributed by atoms with Crippen LogP contribution in [0.5, 0.6) is 23.0 Å². The number of carbonyl (C=O) groups excluding carboxylic acids is 2. The van der Waals surface area contributed by atoms with Gasteiger partial charge in [0.2, 0.25) is 12.7 Å². The van der Waals surface area contributed by atoms with E-state index >= 15 is 0 Å². The van der Waals surface area contributed by atoms with E-state index < -0.39 is 29.3 Å². The number of nitrogens with one attached hydrogen (secondary N) is 1. The van der Waals surface area contributed by atoms with Gasteiger partial charge in [-0.2, -0.15) is 5.26 Å². The van der Waals surface area contributed by atoms with Crippen LogP contribution >= 0.6 is 11.8 Å². The number of benzene rings is 2. The number of hydrogen-bond acceptors (Lipinski definition) is 12. The molecular weight excluding hydrogens is 912 g/mol. The van der Waals surface area contributed by atoms with E-state index in [-0.39, 0.29) is 99.8 Å². The first kappa shape index (κ1) is 40.4. The summed E-state index contributed by atoms with van der Waals surface area (Å²) in [5, 5.41) is 25.7. The number of nitriles is 1. The van der Waals surface area contributed by atoms with Crippen molar-refractivity contribution in [3.8, 4) is 29.1 Å². The van der Waals surface area contributed by atoms with Gasteiger partial charge in [-0.25, -0.2) is 4.79 Å². The first-order valence-electron chi connectivity index (χ1n) is 18.5. The molecule has 1 amide bonds. The van der Waals surface area contributed by atoms with Gasteiger partial charge in [0.25, 0.3) is 0 Å². The third-order valence-electron chi connectivity index (χ3n) is 11.7. The molecule has 2 N–H and O–H groups in total. The molecule has 0 aromatic heterocycles. The molecule has 6 heterocycles. The van der Waals surface area contributed by atoms with Crippen LogP contribution in [0.1, 0.15) is 102 Å². The molecule has 53 heavy (non-hydrogen) atoms. The minimum absolute atomic E-state index is 0. The second-order valence-electron chi connectivity index (χ2n) is 14.7. The van der Waals surface area contributed by atoms with Crippen molar-refractivity contribution < 1.29 is 82.4 Å². The minimum Gasteiger partial charge on any atom is -0.507 e. The predicted molar refractivity (Wildman–Crippen MR) is 195 cm³/mol. The summed E-state index contributed by atoms with van der Waals surface area (Å²) < 4.78 is 29.9. The molecule has 0 aliphatic carbocycles. The number of amides is 1. The van der Waals surface area contributed by atoms with E-state index in [9.17, 15) is 20.0 Å². The number of esters is 1. The molecule has 2 aromatic rings. The van der Waals surface area contributed by atoms with Crippen LogP contribution < -0.4 is 19.5 Å². The van der Waals surface area contributed by atoms with Crippen LogP contribution in [0.2, 0.25) is 0 Å². The van der Waals surface area contributed by atoms with Crippen molar-refractivity contribution in [1.29, 1.82) is 5.26 Å². The van der Waals surface area contributed by atoms with Crippen molar-refractivity contribution >= 4 is 23.6 Å². The first-order chi connectivity index (χ1) is 25.1. The van der Waals surface area contributed by atoms with E-state index in [1.165, 1.54) is 11.8 Å². The second-order valence-corrected chi connectivity index (χ2v) is 15.9. The van der Waals surface area contributed by atoms with E-state index in [2.05, 4.69) is 55.1 Å². The molecule has 1 unspecified atom stereocenters. The van der Waals surface area contributed by atoms with Crippen LogP contribution in [0.3, 0.4) is 0 Å². The van der Waals surface area contributed by atoms with Crippen LogP contribution in [-0.2, 0) is 25.5 Å². The van der Waals surface area contributed by atoms with Gasteiger partial charge < -0.3 is 34.1 Å². The van der Waals surface area contributed by atoms with Gasteiger partial charge in [0.15, 0.2) is 18.3 Å². The Hall–Kier alpha value is -2.26. The molecule has 2 saturated heterocycles. The Bertz CT molecular complexity index is 1790. The fourth-order valence-corrected chi connectivity index (χ4v) is 10.6. The topological polar surface area (TPSA) is 143 Å². The number of unbranched alkanes of at least 4 members (excludes halogenated alkanes) is 4. The van der Waals surface area contributed by atoms with Crippen LogP contribution in [0.25, 0.3) is 0 Å². The largest absolute Gasteiger partial charge is 0.507 e. The Morgan fingerprint density at radius 1 is 1.09 bits per heavy atom. The molecule has 12 nitrogen and oxygen atoms in total. The fourth-order valence-electron chi connectivity index (χ4n) is 9.11. The number of likely N-dealkylation sites (N-methyl/N-ethyl adjacent to an activating group) is 1. The number of phenols is 1. The maximum atomic E-state index is 13.8. The summed E-state index contributed by atoms with van der Waals surface area (Å²) in [6, 6.07) is 1.93. The Balaban J connectivity index is 0.00000481. The van der Waals surface area contributed by atoms with E-state index in [1.807, 2.05) is 6.92 Å². The minimum atomic E-state index is -0.883. The molecule has 1 radical (unpaired) electrons. The Morgan fingerprint density at radius 3 is 2.58 bits per heavy atom. The molecular formula is C39H50AcN4O8S. The number of aryl methyl sites for hydroxylation is 1. The summed E-state index contributed by atoms with van der Waals surface area (Å²) in [4.78, 5) is 31.5. The van der Waals surface area contributed by atoms with Gasteiger partial charge in [0, 0.05) is 97.7 Å². The molecule has 14 heteroatoms. The maximum Gasteiger partial charge on any atom is 0.329 e. The van der Waals surface area contributed by atoms with Crippen LogP contribution in [0, 0.1) is 76.2 Å². The number of rotatable bonds is 10. The normalized spacial score (nSPS) is 27.0. The van der Waals surface area contributed by atoms with Crippen molar-refractivity contribution in [2.24, 2.45) is 0 Å². The van der Waals surface area contributed by atoms with E-state index in [4.69, 9.17) is 23.7 Å². The smallest absolute Gasteiger partial charge is 0.329 e. The van der Waals surface area contributed by atoms with Crippen LogP contribution in [0.15, 0.2) is 6.07 Å². The van der Waals surface area contributed by atoms with Crippen molar-refractivity contribution in [1.82, 2.24) is 15.1 Å². The van der Waals surface area contributed by atoms with Gasteiger partial charge in [0.05, 0.1) is 23.4 Å². The summed E-state index contributed by atoms with van der Waals surface area (Å²) in [5.74, 6) is 1.36. The number of aromatic hydroxyl groups is 1. The molecule has 0 saturated carbocycles. The van der Waals surface area contributed by atoms with Gasteiger partial charge in [-0.1, -0.05) is 38.7 Å². The number of hydrogen-bond donors (Lipinski definition) is 2. The van der Waals surface area contributed by atoms with E-state index in [0.29, 0.717) is 41.0 Å². The van der Waals surface area contributed by atoms with Gasteiger partial charge in [-0.3, -0.25) is 14.6 Å². The predicted octanol–water partition coefficient (Wildman–Crippen LogP) is 5.43. The molecule has 283 valence electrons. The monoisotopic (exact) mass is 961 g/mol. The third kappa shape index (κ3) is 7.06. The van der Waals surface area contributed by atoms with Crippen molar-refractivity contribution in [2.45, 2.75) is 114 Å². The summed E-state index contributed by atoms with van der Waals surface area (Å²) in [7, 11) is 3.67. The number of phenolic OH excluding ortho intramolecular Hbond substituents is 1. The van der Waals surface area contributed by atoms with Gasteiger partial charge in [0.1, 0.15) is 30.2 Å². The quantitative estimate of drug-likeness (QED) is 0.178. The first-order valence-corrected chi connectivity index (χ1v) is 19.5. The van der Waals surface area contributed by atoms with E-state index in [0.717, 1.165) is 60.1 Å². The number of thioether (sulfide) groups is 1. The number of carbonyl (C=O) groups is 2. The van der Waals surface area contributed by atoms with E-state index in [1.54, 1.807) is 7.11 Å². The number of ether oxygens (including phenoxy) is 5. The zero-order chi connectivity index (χ0) is 36.8. The molecule has 6 aliphatic rings. The summed E-state index contributed by atoms with van der Waals surface area (Å²) in [6.45, 7) is 8.08. The maximum absolute atomic E-state index is 13.8. The zero-order valence-corrected chi connectivity index (χ0v) is 37.1. The fraction of sp³-hybridized carbons (Fsp3) is 0.615. The van der Waals surface area contributed by atoms with Gasteiger partial charge in [-0.05, 0) is 57.4 Å². The van der Waals surface area contributed by atoms with Gasteiger partial charge >= 0.3 is 5.97 Å². The summed E-state index contributed by atoms with van der Waals surface area (Å²) >= 11 is 1.49. The van der Waals surface area contributed by atoms with Crippen LogP contribution in [-0.4, -0.2) is 91.1 Å². The average molecular weight is 962 g/mol. The Labute approximate surface area is 352 Å². The molecule has 2 aromatic carbocycles. The molecule has 0 spiro atoms. The zero-order valence-electron chi connectivity index (χ0n) is 31.5. The van der Waals surface area contributed by atoms with Crippen molar-refractivity contribution in [2.75, 3.05) is 40.1 Å². The molecule has 2 fully saturated rings. The SMILES string of the molecule is CCCCCCCC(=O)N[C@H]1CS[C@@H]2c3c(O)c(C)c4c(c3[C@H](COC1=O)N1C2[C@H]2c3c(cc(C)c(C)c3OCOC)C[C@@H]([C@@H]1C#N)N2C)OCO4.[Ac]. The third-order valence-corrected chi connectivity index (χ3v) is 13.1. The van der Waals surface area contributed by atoms with Crippen LogP contribution in [0.4, 0.5) is 0 Å². The Morgan fingerprint density at radius 2 is 1.85 bits per heavy atom. The number of nitrogens with zero attached hydrogens (tertiary/aromatic N) is 3. The molecule has 6 aliphatic heterocycles. The van der Waals surface area contributed by atoms with Crippen molar-refractivity contribution in [3.63, 3.8) is 0 Å². The average Bonchev–Trinajstić information content (AvgIpc) is 3.62. The molecule has 7 atom stereocenters. The standard InChI is InChI=1S/C39H50N4O8S.Ac/c1-7-8-9-10-11-12-28(44)41-24-17-52-38-31-30(37-36(50-19-51-37)22(4)34(31)45)27(16-48-39(24)46)43-26(15-40)25-14-23-13-20(2)21(3)35(49-18-47-6)29(23)32(33(38)43)42(25)5;/h13,24-27,32-33,38,45H,7-12,14,16-19H2,1-6H3,(H,41,44);/t24-,25-,26-,27-,32+,33?,38+;/m0./s1. The number of methoxy groups -OCH3 is 1. The van der Waals surface area contributed by atoms with Gasteiger partial charge in [-0.15, -0.1) is 11.8 Å². The summed E-state index contributed by atoms with van der Waals surface area (Å²) in [5.41, 5.74) is 6.23. The number of piperazine rings is 1. The molecule has 8 rings (SSSR count). The summed E-state index contributed by atoms with van der Waals surface area (Å²) in [6.07, 6.45) is 6.01. The Kier molecular flexibility index (Phi) is 12.8. The van der Waals surface area contributed by atoms with Crippen molar-refractivity contribution in [3.05, 3.63) is 45.0 Å². The number of fused-ring (bicyclic) bond motifs is 10. The second kappa shape index (κ2) is 16.9. The molecule has 4 bridgehead atoms.